The Morgan fingerprint density at radius 1 is 0.938 bits per heavy atom. The average molecular weight is 235 g/mol. The predicted molar refractivity (Wildman–Crippen MR) is 65.0 cm³/mol. The van der Waals surface area contributed by atoms with E-state index in [0.29, 0.717) is 10.6 Å². The highest BCUT2D eigenvalue weighted by Crippen LogP contribution is 2.34. The quantitative estimate of drug-likeness (QED) is 0.739. The zero-order valence-electron chi connectivity index (χ0n) is 8.74. The van der Waals surface area contributed by atoms with E-state index < -0.39 is 0 Å². The number of phenolic OH excluding ortho intramolecular Hbond substituents is 2. The van der Waals surface area contributed by atoms with Crippen molar-refractivity contribution in [3.8, 4) is 22.6 Å². The van der Waals surface area contributed by atoms with Crippen LogP contribution in [0.5, 0.6) is 11.5 Å². The van der Waals surface area contributed by atoms with Crippen LogP contribution in [-0.4, -0.2) is 10.2 Å². The lowest BCUT2D eigenvalue weighted by Crippen LogP contribution is -1.84. The number of rotatable bonds is 1. The van der Waals surface area contributed by atoms with Gasteiger partial charge in [-0.25, -0.2) is 0 Å². The third-order valence-electron chi connectivity index (χ3n) is 2.46. The Hall–Kier alpha value is -1.67. The van der Waals surface area contributed by atoms with Crippen molar-refractivity contribution in [2.24, 2.45) is 0 Å². The molecule has 0 heterocycles. The molecule has 82 valence electrons. The van der Waals surface area contributed by atoms with Gasteiger partial charge in [-0.2, -0.15) is 0 Å². The largest absolute Gasteiger partial charge is 0.508 e. The molecule has 2 N–H and O–H groups in total. The normalized spacial score (nSPS) is 10.4. The molecule has 0 aliphatic carbocycles. The van der Waals surface area contributed by atoms with Crippen molar-refractivity contribution in [3.05, 3.63) is 47.0 Å². The van der Waals surface area contributed by atoms with E-state index in [9.17, 15) is 10.2 Å². The molecule has 0 aliphatic heterocycles. The van der Waals surface area contributed by atoms with E-state index in [-0.39, 0.29) is 11.5 Å². The first kappa shape index (κ1) is 10.8. The van der Waals surface area contributed by atoms with E-state index in [1.54, 1.807) is 6.07 Å². The summed E-state index contributed by atoms with van der Waals surface area (Å²) in [5.74, 6) is 0.269. The standard InChI is InChI=1S/C13H11ClO2/c1-8-6-9(14)2-4-11(8)12-7-10(15)3-5-13(12)16/h2-7,15-16H,1H3. The summed E-state index contributed by atoms with van der Waals surface area (Å²) in [7, 11) is 0. The molecule has 0 aliphatic rings. The number of benzene rings is 2. The predicted octanol–water partition coefficient (Wildman–Crippen LogP) is 3.73. The van der Waals surface area contributed by atoms with Gasteiger partial charge in [0.1, 0.15) is 11.5 Å². The Balaban J connectivity index is 2.62. The van der Waals surface area contributed by atoms with Gasteiger partial charge in [0.25, 0.3) is 0 Å². The third-order valence-corrected chi connectivity index (χ3v) is 2.69. The maximum atomic E-state index is 9.74. The first-order chi connectivity index (χ1) is 7.58. The minimum absolute atomic E-state index is 0.127. The molecule has 0 saturated carbocycles. The molecule has 0 amide bonds. The van der Waals surface area contributed by atoms with Gasteiger partial charge in [-0.3, -0.25) is 0 Å². The number of hydrogen-bond acceptors (Lipinski definition) is 2. The summed E-state index contributed by atoms with van der Waals surface area (Å²) in [6.45, 7) is 1.91. The summed E-state index contributed by atoms with van der Waals surface area (Å²) < 4.78 is 0. The average Bonchev–Trinajstić information content (AvgIpc) is 2.22. The lowest BCUT2D eigenvalue weighted by molar-refractivity contribution is 0.462. The molecule has 0 aromatic heterocycles. The number of aromatic hydroxyl groups is 2. The van der Waals surface area contributed by atoms with Gasteiger partial charge >= 0.3 is 0 Å². The molecule has 0 bridgehead atoms. The van der Waals surface area contributed by atoms with Crippen LogP contribution in [0.15, 0.2) is 36.4 Å². The van der Waals surface area contributed by atoms with Crippen LogP contribution in [0.3, 0.4) is 0 Å². The van der Waals surface area contributed by atoms with Crippen LogP contribution >= 0.6 is 11.6 Å². The summed E-state index contributed by atoms with van der Waals surface area (Å²) in [5, 5.41) is 19.8. The van der Waals surface area contributed by atoms with Crippen LogP contribution in [0.1, 0.15) is 5.56 Å². The van der Waals surface area contributed by atoms with Crippen molar-refractivity contribution in [2.75, 3.05) is 0 Å². The zero-order chi connectivity index (χ0) is 11.7. The molecule has 0 radical (unpaired) electrons. The Bertz CT molecular complexity index is 535. The fraction of sp³-hybridized carbons (Fsp3) is 0.0769. The molecule has 0 unspecified atom stereocenters. The number of hydrogen-bond donors (Lipinski definition) is 2. The minimum Gasteiger partial charge on any atom is -0.508 e. The van der Waals surface area contributed by atoms with Crippen molar-refractivity contribution >= 4 is 11.6 Å². The summed E-state index contributed by atoms with van der Waals surface area (Å²) in [6.07, 6.45) is 0. The molecule has 2 nitrogen and oxygen atoms in total. The fourth-order valence-electron chi connectivity index (χ4n) is 1.67. The third kappa shape index (κ3) is 1.97. The highest BCUT2D eigenvalue weighted by molar-refractivity contribution is 6.30. The second kappa shape index (κ2) is 4.06. The fourth-order valence-corrected chi connectivity index (χ4v) is 1.90. The molecule has 0 fully saturated rings. The van der Waals surface area contributed by atoms with Gasteiger partial charge in [-0.1, -0.05) is 17.7 Å². The molecule has 3 heteroatoms. The van der Waals surface area contributed by atoms with Crippen molar-refractivity contribution in [3.63, 3.8) is 0 Å². The minimum atomic E-state index is 0.127. The number of phenols is 2. The number of halogens is 1. The van der Waals surface area contributed by atoms with Crippen LogP contribution in [0.2, 0.25) is 5.02 Å². The van der Waals surface area contributed by atoms with E-state index in [2.05, 4.69) is 0 Å². The summed E-state index contributed by atoms with van der Waals surface area (Å²) in [5.41, 5.74) is 2.42. The Kier molecular flexibility index (Phi) is 2.75. The molecule has 2 aromatic rings. The van der Waals surface area contributed by atoms with Crippen LogP contribution in [0.25, 0.3) is 11.1 Å². The van der Waals surface area contributed by atoms with Gasteiger partial charge in [0.2, 0.25) is 0 Å². The SMILES string of the molecule is Cc1cc(Cl)ccc1-c1cc(O)ccc1O. The summed E-state index contributed by atoms with van der Waals surface area (Å²) >= 11 is 5.86. The molecule has 2 aromatic carbocycles. The lowest BCUT2D eigenvalue weighted by Gasteiger charge is -2.09. The second-order valence-corrected chi connectivity index (χ2v) is 4.10. The molecule has 0 saturated heterocycles. The van der Waals surface area contributed by atoms with Crippen LogP contribution < -0.4 is 0 Å². The van der Waals surface area contributed by atoms with Crippen molar-refractivity contribution in [1.29, 1.82) is 0 Å². The second-order valence-electron chi connectivity index (χ2n) is 3.66. The van der Waals surface area contributed by atoms with Gasteiger partial charge in [0, 0.05) is 10.6 Å². The highest BCUT2D eigenvalue weighted by Gasteiger charge is 2.08. The Morgan fingerprint density at radius 3 is 2.38 bits per heavy atom. The van der Waals surface area contributed by atoms with E-state index in [0.717, 1.165) is 11.1 Å². The molecular weight excluding hydrogens is 224 g/mol. The van der Waals surface area contributed by atoms with Gasteiger partial charge in [0.15, 0.2) is 0 Å². The molecule has 0 spiro atoms. The van der Waals surface area contributed by atoms with Crippen molar-refractivity contribution < 1.29 is 10.2 Å². The Morgan fingerprint density at radius 2 is 1.69 bits per heavy atom. The van der Waals surface area contributed by atoms with E-state index in [1.807, 2.05) is 19.1 Å². The van der Waals surface area contributed by atoms with Crippen LogP contribution in [-0.2, 0) is 0 Å². The van der Waals surface area contributed by atoms with E-state index in [1.165, 1.54) is 18.2 Å². The first-order valence-corrected chi connectivity index (χ1v) is 5.24. The van der Waals surface area contributed by atoms with Crippen LogP contribution in [0, 0.1) is 6.92 Å². The topological polar surface area (TPSA) is 40.5 Å². The monoisotopic (exact) mass is 234 g/mol. The molecular formula is C13H11ClO2. The zero-order valence-corrected chi connectivity index (χ0v) is 9.49. The van der Waals surface area contributed by atoms with Gasteiger partial charge in [-0.05, 0) is 48.4 Å². The van der Waals surface area contributed by atoms with Crippen molar-refractivity contribution in [2.45, 2.75) is 6.92 Å². The molecule has 16 heavy (non-hydrogen) atoms. The number of aryl methyl sites for hydroxylation is 1. The van der Waals surface area contributed by atoms with E-state index in [4.69, 9.17) is 11.6 Å². The van der Waals surface area contributed by atoms with Gasteiger partial charge in [-0.15, -0.1) is 0 Å². The lowest BCUT2D eigenvalue weighted by atomic mass is 9.99. The van der Waals surface area contributed by atoms with Crippen LogP contribution in [0.4, 0.5) is 0 Å². The first-order valence-electron chi connectivity index (χ1n) is 4.86. The summed E-state index contributed by atoms with van der Waals surface area (Å²) in [6, 6.07) is 9.86. The summed E-state index contributed by atoms with van der Waals surface area (Å²) in [4.78, 5) is 0. The van der Waals surface area contributed by atoms with E-state index >= 15 is 0 Å². The molecule has 0 atom stereocenters. The highest BCUT2D eigenvalue weighted by atomic mass is 35.5. The van der Waals surface area contributed by atoms with Gasteiger partial charge < -0.3 is 10.2 Å². The Labute approximate surface area is 98.7 Å². The molecule has 2 rings (SSSR count). The maximum Gasteiger partial charge on any atom is 0.123 e. The maximum absolute atomic E-state index is 9.74. The van der Waals surface area contributed by atoms with Crippen molar-refractivity contribution in [1.82, 2.24) is 0 Å². The smallest absolute Gasteiger partial charge is 0.123 e. The van der Waals surface area contributed by atoms with Gasteiger partial charge in [0.05, 0.1) is 0 Å².